The number of carbonyl (C=O) groups excluding carboxylic acids is 2. The number of aliphatic hydroxyl groups excluding tert-OH is 1. The molecule has 0 aromatic carbocycles. The minimum absolute atomic E-state index is 0.00231. The number of hydrogen-bond acceptors (Lipinski definition) is 5. The van der Waals surface area contributed by atoms with Gasteiger partial charge in [-0.05, 0) is 37.7 Å². The first-order valence-corrected chi connectivity index (χ1v) is 9.32. The molecule has 1 rings (SSSR count). The summed E-state index contributed by atoms with van der Waals surface area (Å²) in [5, 5.41) is 19.7. The van der Waals surface area contributed by atoms with Crippen molar-refractivity contribution in [1.82, 2.24) is 20.3 Å². The van der Waals surface area contributed by atoms with Crippen LogP contribution in [0.1, 0.15) is 73.0 Å². The van der Waals surface area contributed by atoms with E-state index in [2.05, 4.69) is 22.2 Å². The fraction of sp³-hybridized carbons (Fsp3) is 0.700. The molecular weight excluding hydrogens is 344 g/mol. The number of ketones is 1. The van der Waals surface area contributed by atoms with Gasteiger partial charge in [0.2, 0.25) is 5.91 Å². The van der Waals surface area contributed by atoms with Gasteiger partial charge in [-0.3, -0.25) is 9.59 Å². The standard InChI is InChI=1S/C12H19N3O.C8H17NO2/c1-8(2)10-7-15(14-13-10)11(9(3)16)12(4,5)6;1-4-7(10)5-6(2)8(11)9-3/h7,11H,1H2,2-6H3;6-7,10H,4-5H2,1-3H3,(H,9,11)/t11-;6-,7-/m10/s1. The molecule has 0 aliphatic rings. The van der Waals surface area contributed by atoms with Crippen molar-refractivity contribution in [3.63, 3.8) is 0 Å². The minimum atomic E-state index is -0.345. The van der Waals surface area contributed by atoms with Gasteiger partial charge < -0.3 is 10.4 Å². The molecule has 0 radical (unpaired) electrons. The van der Waals surface area contributed by atoms with E-state index in [1.807, 2.05) is 41.5 Å². The van der Waals surface area contributed by atoms with Gasteiger partial charge >= 0.3 is 0 Å². The summed E-state index contributed by atoms with van der Waals surface area (Å²) in [5.41, 5.74) is 1.41. The van der Waals surface area contributed by atoms with Crippen molar-refractivity contribution in [3.8, 4) is 0 Å². The van der Waals surface area contributed by atoms with Crippen LogP contribution in [-0.4, -0.2) is 44.9 Å². The summed E-state index contributed by atoms with van der Waals surface area (Å²) in [6.07, 6.45) is 2.69. The quantitative estimate of drug-likeness (QED) is 0.758. The highest BCUT2D eigenvalue weighted by Gasteiger charge is 2.31. The Morgan fingerprint density at radius 3 is 2.22 bits per heavy atom. The van der Waals surface area contributed by atoms with Crippen molar-refractivity contribution in [2.24, 2.45) is 11.3 Å². The van der Waals surface area contributed by atoms with Gasteiger partial charge in [-0.2, -0.15) is 0 Å². The molecule has 1 aromatic heterocycles. The number of hydrogen-bond donors (Lipinski definition) is 2. The average molecular weight is 381 g/mol. The van der Waals surface area contributed by atoms with Crippen LogP contribution in [0.15, 0.2) is 12.8 Å². The first kappa shape index (κ1) is 25.0. The number of nitrogens with zero attached hydrogens (tertiary/aromatic N) is 3. The van der Waals surface area contributed by atoms with Gasteiger partial charge in [-0.25, -0.2) is 4.68 Å². The third kappa shape index (κ3) is 8.47. The third-order valence-corrected chi connectivity index (χ3v) is 4.21. The number of Topliss-reactive ketones (excluding diaryl/α,β-unsaturated/α-hetero) is 1. The Hall–Kier alpha value is -2.02. The Morgan fingerprint density at radius 2 is 1.89 bits per heavy atom. The topological polar surface area (TPSA) is 97.1 Å². The zero-order valence-corrected chi connectivity index (χ0v) is 18.0. The monoisotopic (exact) mass is 380 g/mol. The third-order valence-electron chi connectivity index (χ3n) is 4.21. The van der Waals surface area contributed by atoms with Crippen LogP contribution in [0.3, 0.4) is 0 Å². The molecule has 0 unspecified atom stereocenters. The summed E-state index contributed by atoms with van der Waals surface area (Å²) < 4.78 is 1.63. The van der Waals surface area contributed by atoms with Crippen LogP contribution in [0.2, 0.25) is 0 Å². The van der Waals surface area contributed by atoms with Gasteiger partial charge in [0.1, 0.15) is 11.7 Å². The van der Waals surface area contributed by atoms with Gasteiger partial charge in [-0.15, -0.1) is 5.10 Å². The van der Waals surface area contributed by atoms with E-state index in [0.717, 1.165) is 11.3 Å². The Kier molecular flexibility index (Phi) is 10.1. The van der Waals surface area contributed by atoms with Gasteiger partial charge in [0.15, 0.2) is 5.78 Å². The van der Waals surface area contributed by atoms with E-state index >= 15 is 0 Å². The molecule has 0 aliphatic carbocycles. The fourth-order valence-electron chi connectivity index (χ4n) is 2.72. The molecular formula is C20H36N4O3. The molecule has 2 N–H and O–H groups in total. The van der Waals surface area contributed by atoms with E-state index in [4.69, 9.17) is 0 Å². The van der Waals surface area contributed by atoms with Crippen LogP contribution in [0.25, 0.3) is 5.57 Å². The molecule has 1 aromatic rings. The van der Waals surface area contributed by atoms with Crippen molar-refractivity contribution in [2.75, 3.05) is 7.05 Å². The predicted molar refractivity (Wildman–Crippen MR) is 108 cm³/mol. The Morgan fingerprint density at radius 1 is 1.33 bits per heavy atom. The maximum Gasteiger partial charge on any atom is 0.222 e. The molecule has 1 amide bonds. The molecule has 0 saturated carbocycles. The maximum atomic E-state index is 11.7. The van der Waals surface area contributed by atoms with Crippen molar-refractivity contribution in [1.29, 1.82) is 0 Å². The van der Waals surface area contributed by atoms with Crippen molar-refractivity contribution >= 4 is 17.3 Å². The van der Waals surface area contributed by atoms with Crippen LogP contribution >= 0.6 is 0 Å². The molecule has 0 fully saturated rings. The zero-order chi connectivity index (χ0) is 21.4. The second-order valence-electron chi connectivity index (χ2n) is 8.06. The minimum Gasteiger partial charge on any atom is -0.393 e. The average Bonchev–Trinajstić information content (AvgIpc) is 3.02. The largest absolute Gasteiger partial charge is 0.393 e. The lowest BCUT2D eigenvalue weighted by Gasteiger charge is -2.27. The number of rotatable bonds is 7. The summed E-state index contributed by atoms with van der Waals surface area (Å²) in [6.45, 7) is 17.0. The number of carbonyl (C=O) groups is 2. The van der Waals surface area contributed by atoms with Crippen molar-refractivity contribution in [3.05, 3.63) is 18.5 Å². The van der Waals surface area contributed by atoms with Crippen molar-refractivity contribution < 1.29 is 14.7 Å². The highest BCUT2D eigenvalue weighted by atomic mass is 16.3. The van der Waals surface area contributed by atoms with E-state index in [0.29, 0.717) is 12.8 Å². The molecule has 0 aliphatic heterocycles. The maximum absolute atomic E-state index is 11.7. The number of nitrogens with one attached hydrogen (secondary N) is 1. The summed E-state index contributed by atoms with van der Waals surface area (Å²) in [4.78, 5) is 22.6. The van der Waals surface area contributed by atoms with E-state index in [1.165, 1.54) is 0 Å². The molecule has 7 nitrogen and oxygen atoms in total. The lowest BCUT2D eigenvalue weighted by molar-refractivity contribution is -0.125. The lowest BCUT2D eigenvalue weighted by Crippen LogP contribution is -2.30. The second kappa shape index (κ2) is 11.0. The summed E-state index contributed by atoms with van der Waals surface area (Å²) in [6, 6.07) is -0.284. The van der Waals surface area contributed by atoms with E-state index in [1.54, 1.807) is 24.9 Å². The summed E-state index contributed by atoms with van der Waals surface area (Å²) in [5.74, 6) is -0.00175. The van der Waals surface area contributed by atoms with Crippen LogP contribution < -0.4 is 5.32 Å². The van der Waals surface area contributed by atoms with Gasteiger partial charge in [-0.1, -0.05) is 46.4 Å². The van der Waals surface area contributed by atoms with Crippen LogP contribution in [0.5, 0.6) is 0 Å². The van der Waals surface area contributed by atoms with Crippen LogP contribution in [0, 0.1) is 11.3 Å². The first-order valence-electron chi connectivity index (χ1n) is 9.32. The zero-order valence-electron chi connectivity index (χ0n) is 18.0. The highest BCUT2D eigenvalue weighted by molar-refractivity contribution is 5.80. The first-order chi connectivity index (χ1) is 12.3. The molecule has 0 saturated heterocycles. The van der Waals surface area contributed by atoms with Crippen molar-refractivity contribution in [2.45, 2.75) is 73.5 Å². The number of aliphatic hydroxyl groups is 1. The Balaban J connectivity index is 0.000000541. The van der Waals surface area contributed by atoms with Crippen LogP contribution in [0.4, 0.5) is 0 Å². The van der Waals surface area contributed by atoms with Gasteiger partial charge in [0, 0.05) is 13.0 Å². The lowest BCUT2D eigenvalue weighted by atomic mass is 9.84. The SMILES string of the molecule is C=C(C)c1cn([C@H](C(C)=O)C(C)(C)C)nn1.CC[C@H](O)C[C@H](C)C(=O)NC. The molecule has 3 atom stereocenters. The molecule has 154 valence electrons. The number of aromatic nitrogens is 3. The molecule has 7 heteroatoms. The van der Waals surface area contributed by atoms with E-state index in [9.17, 15) is 14.7 Å². The van der Waals surface area contributed by atoms with E-state index in [-0.39, 0.29) is 35.2 Å². The Labute approximate surface area is 163 Å². The second-order valence-corrected chi connectivity index (χ2v) is 8.06. The van der Waals surface area contributed by atoms with Gasteiger partial charge in [0.05, 0.1) is 12.3 Å². The fourth-order valence-corrected chi connectivity index (χ4v) is 2.72. The Bertz CT molecular complexity index is 631. The predicted octanol–water partition coefficient (Wildman–Crippen LogP) is 3.02. The number of amides is 1. The summed E-state index contributed by atoms with van der Waals surface area (Å²) >= 11 is 0. The highest BCUT2D eigenvalue weighted by Crippen LogP contribution is 2.30. The molecule has 1 heterocycles. The molecule has 27 heavy (non-hydrogen) atoms. The van der Waals surface area contributed by atoms with E-state index < -0.39 is 0 Å². The number of allylic oxidation sites excluding steroid dienone is 1. The van der Waals surface area contributed by atoms with Crippen LogP contribution in [-0.2, 0) is 9.59 Å². The molecule has 0 bridgehead atoms. The van der Waals surface area contributed by atoms with Gasteiger partial charge in [0.25, 0.3) is 0 Å². The smallest absolute Gasteiger partial charge is 0.222 e. The molecule has 0 spiro atoms. The normalized spacial score (nSPS) is 14.4. The summed E-state index contributed by atoms with van der Waals surface area (Å²) in [7, 11) is 1.61.